The first-order valence-corrected chi connectivity index (χ1v) is 3.52. The van der Waals surface area contributed by atoms with E-state index in [4.69, 9.17) is 10.2 Å². The first kappa shape index (κ1) is 9.40. The fourth-order valence-corrected chi connectivity index (χ4v) is 1.04. The average molecular weight is 177 g/mol. The van der Waals surface area contributed by atoms with Gasteiger partial charge in [0, 0.05) is 0 Å². The van der Waals surface area contributed by atoms with Gasteiger partial charge in [0.25, 0.3) is 0 Å². The molecule has 1 amide bonds. The van der Waals surface area contributed by atoms with Crippen molar-refractivity contribution < 1.29 is 24.9 Å². The highest BCUT2D eigenvalue weighted by Crippen LogP contribution is 2.12. The predicted molar refractivity (Wildman–Crippen MR) is 37.0 cm³/mol. The quantitative estimate of drug-likeness (QED) is 0.341. The number of rotatable bonds is 2. The Morgan fingerprint density at radius 1 is 1.33 bits per heavy atom. The van der Waals surface area contributed by atoms with E-state index in [1.165, 1.54) is 0 Å². The highest BCUT2D eigenvalue weighted by atomic mass is 16.6. The molecule has 70 valence electrons. The Labute approximate surface area is 68.8 Å². The molecule has 1 fully saturated rings. The fourth-order valence-electron chi connectivity index (χ4n) is 1.04. The van der Waals surface area contributed by atoms with Gasteiger partial charge in [-0.2, -0.15) is 0 Å². The summed E-state index contributed by atoms with van der Waals surface area (Å²) in [5.41, 5.74) is 0. The van der Waals surface area contributed by atoms with Crippen LogP contribution in [-0.4, -0.2) is 52.9 Å². The minimum Gasteiger partial charge on any atom is -0.388 e. The Kier molecular flexibility index (Phi) is 2.99. The molecule has 0 aliphatic carbocycles. The summed E-state index contributed by atoms with van der Waals surface area (Å²) in [6.07, 6.45) is -3.55. The summed E-state index contributed by atoms with van der Waals surface area (Å²) in [5, 5.41) is 29.4. The molecule has 12 heavy (non-hydrogen) atoms. The van der Waals surface area contributed by atoms with E-state index < -0.39 is 24.5 Å². The molecule has 1 heterocycles. The monoisotopic (exact) mass is 177 g/mol. The Morgan fingerprint density at radius 3 is 2.58 bits per heavy atom. The van der Waals surface area contributed by atoms with Gasteiger partial charge >= 0.3 is 0 Å². The first-order chi connectivity index (χ1) is 5.66. The van der Waals surface area contributed by atoms with Crippen LogP contribution in [0.25, 0.3) is 0 Å². The lowest BCUT2D eigenvalue weighted by Gasteiger charge is -2.34. The highest BCUT2D eigenvalue weighted by Gasteiger charge is 2.37. The van der Waals surface area contributed by atoms with Crippen molar-refractivity contribution in [1.29, 1.82) is 0 Å². The van der Waals surface area contributed by atoms with Crippen LogP contribution in [0.4, 0.5) is 0 Å². The Morgan fingerprint density at radius 2 is 2.00 bits per heavy atom. The van der Waals surface area contributed by atoms with Gasteiger partial charge in [-0.25, -0.2) is 0 Å². The maximum Gasteiger partial charge on any atom is 0.207 e. The molecule has 1 aliphatic rings. The van der Waals surface area contributed by atoms with Crippen molar-refractivity contribution >= 4 is 6.41 Å². The molecule has 0 bridgehead atoms. The molecule has 0 aromatic rings. The molecule has 6 nitrogen and oxygen atoms in total. The zero-order valence-corrected chi connectivity index (χ0v) is 6.25. The molecular formula is C6H11NO5. The molecule has 0 radical (unpaired) electrons. The topological polar surface area (TPSA) is 99.0 Å². The van der Waals surface area contributed by atoms with Crippen LogP contribution in [0.3, 0.4) is 0 Å². The van der Waals surface area contributed by atoms with E-state index in [1.807, 2.05) is 0 Å². The minimum absolute atomic E-state index is 0.0157. The molecule has 0 saturated carbocycles. The van der Waals surface area contributed by atoms with E-state index in [2.05, 4.69) is 10.1 Å². The zero-order valence-electron chi connectivity index (χ0n) is 6.25. The summed E-state index contributed by atoms with van der Waals surface area (Å²) in [6.45, 7) is -0.0157. The lowest BCUT2D eigenvalue weighted by Crippen LogP contribution is -2.57. The Hall–Kier alpha value is -0.690. The molecule has 4 N–H and O–H groups in total. The molecule has 6 heteroatoms. The minimum atomic E-state index is -1.38. The lowest BCUT2D eigenvalue weighted by atomic mass is 10.0. The van der Waals surface area contributed by atoms with Crippen molar-refractivity contribution in [2.45, 2.75) is 24.5 Å². The number of ether oxygens (including phenoxy) is 1. The number of aliphatic hydroxyl groups is 3. The van der Waals surface area contributed by atoms with Crippen molar-refractivity contribution in [3.05, 3.63) is 0 Å². The van der Waals surface area contributed by atoms with Gasteiger partial charge in [0.2, 0.25) is 6.41 Å². The van der Waals surface area contributed by atoms with Gasteiger partial charge in [-0.15, -0.1) is 0 Å². The van der Waals surface area contributed by atoms with Gasteiger partial charge in [-0.05, 0) is 0 Å². The molecule has 0 aromatic carbocycles. The van der Waals surface area contributed by atoms with Crippen molar-refractivity contribution in [1.82, 2.24) is 5.32 Å². The normalized spacial score (nSPS) is 42.2. The van der Waals surface area contributed by atoms with E-state index >= 15 is 0 Å². The van der Waals surface area contributed by atoms with Crippen LogP contribution in [0.5, 0.6) is 0 Å². The summed E-state index contributed by atoms with van der Waals surface area (Å²) >= 11 is 0. The highest BCUT2D eigenvalue weighted by molar-refractivity contribution is 5.46. The number of hydrogen-bond donors (Lipinski definition) is 4. The Balaban J connectivity index is 2.52. The molecule has 0 unspecified atom stereocenters. The van der Waals surface area contributed by atoms with Crippen LogP contribution in [0.15, 0.2) is 0 Å². The second-order valence-electron chi connectivity index (χ2n) is 2.60. The molecule has 1 rings (SSSR count). The number of amides is 1. The van der Waals surface area contributed by atoms with Gasteiger partial charge in [-0.3, -0.25) is 4.79 Å². The second-order valence-corrected chi connectivity index (χ2v) is 2.60. The molecule has 1 saturated heterocycles. The van der Waals surface area contributed by atoms with Crippen LogP contribution in [0.1, 0.15) is 0 Å². The summed E-state index contributed by atoms with van der Waals surface area (Å²) < 4.78 is 4.65. The van der Waals surface area contributed by atoms with Crippen LogP contribution < -0.4 is 5.32 Å². The second kappa shape index (κ2) is 3.81. The third-order valence-corrected chi connectivity index (χ3v) is 1.78. The van der Waals surface area contributed by atoms with Crippen LogP contribution in [0.2, 0.25) is 0 Å². The van der Waals surface area contributed by atoms with Gasteiger partial charge in [0.15, 0.2) is 6.29 Å². The van der Waals surface area contributed by atoms with E-state index in [0.717, 1.165) is 0 Å². The number of hydrogen-bond acceptors (Lipinski definition) is 5. The van der Waals surface area contributed by atoms with Crippen molar-refractivity contribution in [2.24, 2.45) is 0 Å². The van der Waals surface area contributed by atoms with Crippen molar-refractivity contribution in [2.75, 3.05) is 6.61 Å². The molecule has 0 aromatic heterocycles. The number of aliphatic hydroxyl groups excluding tert-OH is 3. The van der Waals surface area contributed by atoms with Gasteiger partial charge in [0.1, 0.15) is 12.2 Å². The molecular weight excluding hydrogens is 166 g/mol. The van der Waals surface area contributed by atoms with Crippen molar-refractivity contribution in [3.63, 3.8) is 0 Å². The predicted octanol–water partition coefficient (Wildman–Crippen LogP) is -2.83. The smallest absolute Gasteiger partial charge is 0.207 e. The summed E-state index contributed by atoms with van der Waals surface area (Å²) in [6, 6.07) is -0.666. The number of carbonyl (C=O) groups excluding carboxylic acids is 1. The maximum atomic E-state index is 9.98. The number of nitrogens with one attached hydrogen (secondary N) is 1. The SMILES string of the molecule is O=CN[C@H]1CO[C@@H](O)[C@H](O)[C@H]1O. The summed E-state index contributed by atoms with van der Waals surface area (Å²) in [4.78, 5) is 9.98. The van der Waals surface area contributed by atoms with E-state index in [-0.39, 0.29) is 6.61 Å². The molecule has 1 aliphatic heterocycles. The zero-order chi connectivity index (χ0) is 9.14. The molecule has 4 atom stereocenters. The number of carbonyl (C=O) groups is 1. The lowest BCUT2D eigenvalue weighted by molar-refractivity contribution is -0.228. The van der Waals surface area contributed by atoms with E-state index in [1.54, 1.807) is 0 Å². The first-order valence-electron chi connectivity index (χ1n) is 3.52. The van der Waals surface area contributed by atoms with Gasteiger partial charge < -0.3 is 25.4 Å². The van der Waals surface area contributed by atoms with Crippen LogP contribution >= 0.6 is 0 Å². The maximum absolute atomic E-state index is 9.98. The van der Waals surface area contributed by atoms with E-state index in [0.29, 0.717) is 6.41 Å². The Bertz CT molecular complexity index is 164. The summed E-state index contributed by atoms with van der Waals surface area (Å²) in [7, 11) is 0. The van der Waals surface area contributed by atoms with Gasteiger partial charge in [-0.1, -0.05) is 0 Å². The van der Waals surface area contributed by atoms with Crippen LogP contribution in [0, 0.1) is 0 Å². The third-order valence-electron chi connectivity index (χ3n) is 1.78. The summed E-state index contributed by atoms with van der Waals surface area (Å²) in [5.74, 6) is 0. The largest absolute Gasteiger partial charge is 0.388 e. The standard InChI is InChI=1S/C6H11NO5/c8-2-7-3-1-12-6(11)5(10)4(3)9/h2-6,9-11H,1H2,(H,7,8)/t3-,4-,5+,6+/m0/s1. The average Bonchev–Trinajstić information content (AvgIpc) is 2.07. The third kappa shape index (κ3) is 1.72. The van der Waals surface area contributed by atoms with Crippen molar-refractivity contribution in [3.8, 4) is 0 Å². The fraction of sp³-hybridized carbons (Fsp3) is 0.833. The molecule has 0 spiro atoms. The van der Waals surface area contributed by atoms with E-state index in [9.17, 15) is 9.90 Å². The van der Waals surface area contributed by atoms with Gasteiger partial charge in [0.05, 0.1) is 12.6 Å². The van der Waals surface area contributed by atoms with Crippen LogP contribution in [-0.2, 0) is 9.53 Å².